The standard InChI is InChI=1S/C17H29NO/c1-3-4-5-6-7-8-14-19-15-13-18-17-11-9-16(2)10-12-17/h9-12,18H,3-8,13-15H2,1-2H3. The van der Waals surface area contributed by atoms with E-state index in [9.17, 15) is 0 Å². The molecule has 0 saturated carbocycles. The van der Waals surface area contributed by atoms with Gasteiger partial charge in [-0.3, -0.25) is 0 Å². The Balaban J connectivity index is 1.87. The number of hydrogen-bond donors (Lipinski definition) is 1. The molecule has 2 heteroatoms. The molecule has 0 aliphatic rings. The summed E-state index contributed by atoms with van der Waals surface area (Å²) < 4.78 is 5.62. The molecule has 0 heterocycles. The second-order valence-corrected chi connectivity index (χ2v) is 5.17. The fourth-order valence-electron chi connectivity index (χ4n) is 2.03. The lowest BCUT2D eigenvalue weighted by Gasteiger charge is -2.07. The molecule has 0 aliphatic heterocycles. The van der Waals surface area contributed by atoms with Gasteiger partial charge in [-0.1, -0.05) is 56.7 Å². The van der Waals surface area contributed by atoms with Crippen LogP contribution < -0.4 is 5.32 Å². The number of rotatable bonds is 11. The number of nitrogens with one attached hydrogen (secondary N) is 1. The summed E-state index contributed by atoms with van der Waals surface area (Å²) in [5.74, 6) is 0. The molecule has 19 heavy (non-hydrogen) atoms. The molecule has 0 spiro atoms. The number of benzene rings is 1. The first-order chi connectivity index (χ1) is 9.33. The van der Waals surface area contributed by atoms with Crippen LogP contribution in [0, 0.1) is 6.92 Å². The Morgan fingerprint density at radius 1 is 0.895 bits per heavy atom. The maximum atomic E-state index is 5.62. The molecule has 1 aromatic rings. The first-order valence-corrected chi connectivity index (χ1v) is 7.71. The van der Waals surface area contributed by atoms with E-state index in [0.29, 0.717) is 0 Å². The van der Waals surface area contributed by atoms with Crippen molar-refractivity contribution in [2.24, 2.45) is 0 Å². The van der Waals surface area contributed by atoms with E-state index < -0.39 is 0 Å². The lowest BCUT2D eigenvalue weighted by molar-refractivity contribution is 0.139. The predicted octanol–water partition coefficient (Wildman–Crippen LogP) is 4.78. The lowest BCUT2D eigenvalue weighted by atomic mass is 10.1. The average Bonchev–Trinajstić information content (AvgIpc) is 2.43. The van der Waals surface area contributed by atoms with Crippen LogP contribution in [0.2, 0.25) is 0 Å². The highest BCUT2D eigenvalue weighted by Crippen LogP contribution is 2.08. The van der Waals surface area contributed by atoms with Crippen molar-refractivity contribution in [3.05, 3.63) is 29.8 Å². The van der Waals surface area contributed by atoms with Gasteiger partial charge in [-0.2, -0.15) is 0 Å². The van der Waals surface area contributed by atoms with Gasteiger partial charge in [0.25, 0.3) is 0 Å². The van der Waals surface area contributed by atoms with Gasteiger partial charge >= 0.3 is 0 Å². The molecule has 0 atom stereocenters. The van der Waals surface area contributed by atoms with Crippen LogP contribution in [0.15, 0.2) is 24.3 Å². The smallest absolute Gasteiger partial charge is 0.0639 e. The number of ether oxygens (including phenoxy) is 1. The minimum absolute atomic E-state index is 0.794. The molecule has 1 N–H and O–H groups in total. The van der Waals surface area contributed by atoms with E-state index in [2.05, 4.69) is 43.4 Å². The van der Waals surface area contributed by atoms with Crippen molar-refractivity contribution in [1.29, 1.82) is 0 Å². The van der Waals surface area contributed by atoms with Crippen LogP contribution in [0.1, 0.15) is 51.0 Å². The van der Waals surface area contributed by atoms with Gasteiger partial charge < -0.3 is 10.1 Å². The van der Waals surface area contributed by atoms with Crippen molar-refractivity contribution < 1.29 is 4.74 Å². The Morgan fingerprint density at radius 2 is 1.58 bits per heavy atom. The summed E-state index contributed by atoms with van der Waals surface area (Å²) in [6.07, 6.45) is 7.95. The molecule has 0 aromatic heterocycles. The quantitative estimate of drug-likeness (QED) is 0.580. The third-order valence-corrected chi connectivity index (χ3v) is 3.27. The zero-order valence-electron chi connectivity index (χ0n) is 12.6. The van der Waals surface area contributed by atoms with Crippen molar-refractivity contribution in [2.45, 2.75) is 52.4 Å². The third-order valence-electron chi connectivity index (χ3n) is 3.27. The third kappa shape index (κ3) is 8.66. The molecule has 0 aliphatic carbocycles. The molecular weight excluding hydrogens is 234 g/mol. The Hall–Kier alpha value is -1.02. The minimum atomic E-state index is 0.794. The molecule has 2 nitrogen and oxygen atoms in total. The van der Waals surface area contributed by atoms with E-state index in [1.165, 1.54) is 49.8 Å². The van der Waals surface area contributed by atoms with Gasteiger partial charge in [0, 0.05) is 18.8 Å². The minimum Gasteiger partial charge on any atom is -0.383 e. The summed E-state index contributed by atoms with van der Waals surface area (Å²) >= 11 is 0. The normalized spacial score (nSPS) is 10.6. The molecule has 108 valence electrons. The van der Waals surface area contributed by atoms with Crippen LogP contribution >= 0.6 is 0 Å². The summed E-state index contributed by atoms with van der Waals surface area (Å²) in [5.41, 5.74) is 2.47. The van der Waals surface area contributed by atoms with Gasteiger partial charge in [0.1, 0.15) is 0 Å². The summed E-state index contributed by atoms with van der Waals surface area (Å²) in [7, 11) is 0. The molecule has 0 radical (unpaired) electrons. The highest BCUT2D eigenvalue weighted by Gasteiger charge is 1.93. The molecular formula is C17H29NO. The second-order valence-electron chi connectivity index (χ2n) is 5.17. The van der Waals surface area contributed by atoms with Crippen molar-refractivity contribution in [3.63, 3.8) is 0 Å². The number of aryl methyl sites for hydroxylation is 1. The number of unbranched alkanes of at least 4 members (excludes halogenated alkanes) is 5. The predicted molar refractivity (Wildman–Crippen MR) is 83.9 cm³/mol. The van der Waals surface area contributed by atoms with E-state index in [4.69, 9.17) is 4.74 Å². The van der Waals surface area contributed by atoms with Crippen LogP contribution in [0.25, 0.3) is 0 Å². The van der Waals surface area contributed by atoms with Crippen molar-refractivity contribution >= 4 is 5.69 Å². The Kier molecular flexibility index (Phi) is 9.17. The fourth-order valence-corrected chi connectivity index (χ4v) is 2.03. The van der Waals surface area contributed by atoms with Crippen molar-refractivity contribution in [1.82, 2.24) is 0 Å². The van der Waals surface area contributed by atoms with Crippen LogP contribution in [0.4, 0.5) is 5.69 Å². The van der Waals surface area contributed by atoms with E-state index in [1.807, 2.05) is 0 Å². The van der Waals surface area contributed by atoms with Gasteiger partial charge in [0.15, 0.2) is 0 Å². The average molecular weight is 263 g/mol. The van der Waals surface area contributed by atoms with E-state index in [1.54, 1.807) is 0 Å². The van der Waals surface area contributed by atoms with Crippen LogP contribution in [-0.4, -0.2) is 19.8 Å². The van der Waals surface area contributed by atoms with Crippen molar-refractivity contribution in [3.8, 4) is 0 Å². The molecule has 1 aromatic carbocycles. The van der Waals surface area contributed by atoms with Crippen molar-refractivity contribution in [2.75, 3.05) is 25.1 Å². The molecule has 0 saturated heterocycles. The fraction of sp³-hybridized carbons (Fsp3) is 0.647. The molecule has 1 rings (SSSR count). The van der Waals surface area contributed by atoms with Gasteiger partial charge in [0.05, 0.1) is 6.61 Å². The lowest BCUT2D eigenvalue weighted by Crippen LogP contribution is -2.09. The van der Waals surface area contributed by atoms with E-state index >= 15 is 0 Å². The Bertz CT molecular complexity index is 308. The highest BCUT2D eigenvalue weighted by molar-refractivity contribution is 5.44. The first kappa shape index (κ1) is 16.0. The van der Waals surface area contributed by atoms with Gasteiger partial charge in [-0.05, 0) is 25.5 Å². The zero-order valence-corrected chi connectivity index (χ0v) is 12.6. The van der Waals surface area contributed by atoms with Gasteiger partial charge in [-0.15, -0.1) is 0 Å². The topological polar surface area (TPSA) is 21.3 Å². The first-order valence-electron chi connectivity index (χ1n) is 7.71. The summed E-state index contributed by atoms with van der Waals surface area (Å²) in [4.78, 5) is 0. The van der Waals surface area contributed by atoms with Gasteiger partial charge in [-0.25, -0.2) is 0 Å². The summed E-state index contributed by atoms with van der Waals surface area (Å²) in [6, 6.07) is 8.48. The number of anilines is 1. The summed E-state index contributed by atoms with van der Waals surface area (Å²) in [6.45, 7) is 6.95. The SMILES string of the molecule is CCCCCCCCOCCNc1ccc(C)cc1. The van der Waals surface area contributed by atoms with Gasteiger partial charge in [0.2, 0.25) is 0 Å². The zero-order chi connectivity index (χ0) is 13.8. The second kappa shape index (κ2) is 10.9. The monoisotopic (exact) mass is 263 g/mol. The Labute approximate surface area is 118 Å². The maximum absolute atomic E-state index is 5.62. The highest BCUT2D eigenvalue weighted by atomic mass is 16.5. The summed E-state index contributed by atoms with van der Waals surface area (Å²) in [5, 5.41) is 3.37. The van der Waals surface area contributed by atoms with E-state index in [0.717, 1.165) is 19.8 Å². The largest absolute Gasteiger partial charge is 0.383 e. The van der Waals surface area contributed by atoms with Crippen LogP contribution in [0.5, 0.6) is 0 Å². The Morgan fingerprint density at radius 3 is 2.32 bits per heavy atom. The van der Waals surface area contributed by atoms with Crippen LogP contribution in [-0.2, 0) is 4.74 Å². The van der Waals surface area contributed by atoms with Crippen LogP contribution in [0.3, 0.4) is 0 Å². The molecule has 0 bridgehead atoms. The number of hydrogen-bond acceptors (Lipinski definition) is 2. The molecule has 0 unspecified atom stereocenters. The maximum Gasteiger partial charge on any atom is 0.0639 e. The molecule has 0 amide bonds. The molecule has 0 fully saturated rings. The van der Waals surface area contributed by atoms with E-state index in [-0.39, 0.29) is 0 Å².